The van der Waals surface area contributed by atoms with Crippen LogP contribution in [-0.4, -0.2) is 35.2 Å². The molecule has 3 nitrogen and oxygen atoms in total. The van der Waals surface area contributed by atoms with E-state index >= 15 is 0 Å². The summed E-state index contributed by atoms with van der Waals surface area (Å²) in [5, 5.41) is 0.0132. The lowest BCUT2D eigenvalue weighted by Crippen LogP contribution is -2.47. The standard InChI is InChI=1S/C17H26N2OS/c1-3-16(21-15-9-5-4-6-10-15)17(20)19-11-7-8-14(12-19)13(2)18/h4-6,9-10,13-14,16H,3,7-8,11-12,18H2,1-2H3. The normalized spacial score (nSPS) is 21.9. The van der Waals surface area contributed by atoms with Crippen LogP contribution in [-0.2, 0) is 4.79 Å². The van der Waals surface area contributed by atoms with Gasteiger partial charge in [0.15, 0.2) is 0 Å². The lowest BCUT2D eigenvalue weighted by atomic mass is 9.92. The van der Waals surface area contributed by atoms with Gasteiger partial charge in [-0.3, -0.25) is 4.79 Å². The molecule has 0 saturated carbocycles. The topological polar surface area (TPSA) is 46.3 Å². The Morgan fingerprint density at radius 3 is 2.76 bits per heavy atom. The molecule has 1 fully saturated rings. The number of nitrogens with zero attached hydrogens (tertiary/aromatic N) is 1. The van der Waals surface area contributed by atoms with Gasteiger partial charge < -0.3 is 10.6 Å². The van der Waals surface area contributed by atoms with Crippen molar-refractivity contribution in [2.75, 3.05) is 13.1 Å². The van der Waals surface area contributed by atoms with Crippen LogP contribution >= 0.6 is 11.8 Å². The maximum atomic E-state index is 12.8. The van der Waals surface area contributed by atoms with Crippen molar-refractivity contribution in [3.8, 4) is 0 Å². The molecule has 3 unspecified atom stereocenters. The molecule has 1 heterocycles. The minimum atomic E-state index is 0.0132. The van der Waals surface area contributed by atoms with E-state index in [2.05, 4.69) is 26.0 Å². The van der Waals surface area contributed by atoms with Crippen LogP contribution in [0, 0.1) is 5.92 Å². The molecular formula is C17H26N2OS. The fourth-order valence-corrected chi connectivity index (χ4v) is 3.87. The highest BCUT2D eigenvalue weighted by atomic mass is 32.2. The van der Waals surface area contributed by atoms with E-state index in [4.69, 9.17) is 5.73 Å². The van der Waals surface area contributed by atoms with Crippen LogP contribution in [0.4, 0.5) is 0 Å². The molecule has 0 aromatic heterocycles. The Kier molecular flexibility index (Phi) is 6.12. The fourth-order valence-electron chi connectivity index (χ4n) is 2.81. The zero-order valence-electron chi connectivity index (χ0n) is 13.0. The van der Waals surface area contributed by atoms with Crippen LogP contribution in [0.3, 0.4) is 0 Å². The summed E-state index contributed by atoms with van der Waals surface area (Å²) in [5.74, 6) is 0.721. The van der Waals surface area contributed by atoms with E-state index in [-0.39, 0.29) is 17.2 Å². The van der Waals surface area contributed by atoms with Crippen molar-refractivity contribution < 1.29 is 4.79 Å². The number of thioether (sulfide) groups is 1. The van der Waals surface area contributed by atoms with Crippen molar-refractivity contribution in [3.63, 3.8) is 0 Å². The van der Waals surface area contributed by atoms with Gasteiger partial charge in [-0.05, 0) is 44.2 Å². The molecule has 1 aliphatic rings. The predicted octanol–water partition coefficient (Wildman–Crippen LogP) is 3.14. The van der Waals surface area contributed by atoms with Crippen LogP contribution in [0.5, 0.6) is 0 Å². The number of amides is 1. The number of benzene rings is 1. The first kappa shape index (κ1) is 16.4. The van der Waals surface area contributed by atoms with E-state index in [1.807, 2.05) is 23.1 Å². The molecule has 1 aliphatic heterocycles. The Balaban J connectivity index is 1.99. The van der Waals surface area contributed by atoms with Gasteiger partial charge in [0.05, 0.1) is 5.25 Å². The van der Waals surface area contributed by atoms with Crippen molar-refractivity contribution in [2.45, 2.75) is 49.3 Å². The Bertz CT molecular complexity index is 449. The summed E-state index contributed by atoms with van der Waals surface area (Å²) < 4.78 is 0. The molecule has 1 saturated heterocycles. The molecule has 21 heavy (non-hydrogen) atoms. The number of carbonyl (C=O) groups excluding carboxylic acids is 1. The monoisotopic (exact) mass is 306 g/mol. The van der Waals surface area contributed by atoms with E-state index in [1.54, 1.807) is 11.8 Å². The molecule has 4 heteroatoms. The van der Waals surface area contributed by atoms with Crippen LogP contribution in [0.15, 0.2) is 35.2 Å². The summed E-state index contributed by atoms with van der Waals surface area (Å²) in [7, 11) is 0. The van der Waals surface area contributed by atoms with E-state index in [1.165, 1.54) is 4.90 Å². The third-order valence-corrected chi connectivity index (χ3v) is 5.54. The predicted molar refractivity (Wildman–Crippen MR) is 89.3 cm³/mol. The van der Waals surface area contributed by atoms with E-state index < -0.39 is 0 Å². The minimum Gasteiger partial charge on any atom is -0.341 e. The number of carbonyl (C=O) groups is 1. The minimum absolute atomic E-state index is 0.0132. The second kappa shape index (κ2) is 7.85. The van der Waals surface area contributed by atoms with E-state index in [9.17, 15) is 4.79 Å². The van der Waals surface area contributed by atoms with Crippen LogP contribution in [0.2, 0.25) is 0 Å². The molecule has 0 aliphatic carbocycles. The molecular weight excluding hydrogens is 280 g/mol. The Morgan fingerprint density at radius 1 is 1.43 bits per heavy atom. The van der Waals surface area contributed by atoms with Gasteiger partial charge in [0.2, 0.25) is 5.91 Å². The number of likely N-dealkylation sites (tertiary alicyclic amines) is 1. The van der Waals surface area contributed by atoms with Crippen molar-refractivity contribution in [3.05, 3.63) is 30.3 Å². The average molecular weight is 306 g/mol. The molecule has 3 atom stereocenters. The highest BCUT2D eigenvalue weighted by molar-refractivity contribution is 8.00. The van der Waals surface area contributed by atoms with Gasteiger partial charge in [-0.25, -0.2) is 0 Å². The van der Waals surface area contributed by atoms with Gasteiger partial charge >= 0.3 is 0 Å². The number of nitrogens with two attached hydrogens (primary N) is 1. The molecule has 1 amide bonds. The average Bonchev–Trinajstić information content (AvgIpc) is 2.53. The summed E-state index contributed by atoms with van der Waals surface area (Å²) in [6.45, 7) is 5.84. The van der Waals surface area contributed by atoms with Gasteiger partial charge in [-0.15, -0.1) is 11.8 Å². The van der Waals surface area contributed by atoms with Gasteiger partial charge in [-0.1, -0.05) is 25.1 Å². The van der Waals surface area contributed by atoms with Gasteiger partial charge in [0, 0.05) is 24.0 Å². The first-order valence-electron chi connectivity index (χ1n) is 7.88. The molecule has 2 N–H and O–H groups in total. The second-order valence-electron chi connectivity index (χ2n) is 5.87. The van der Waals surface area contributed by atoms with Gasteiger partial charge in [0.1, 0.15) is 0 Å². The number of rotatable bonds is 5. The third kappa shape index (κ3) is 4.48. The summed E-state index contributed by atoms with van der Waals surface area (Å²) in [6.07, 6.45) is 3.08. The molecule has 0 bridgehead atoms. The SMILES string of the molecule is CCC(Sc1ccccc1)C(=O)N1CCCC(C(C)N)C1. The van der Waals surface area contributed by atoms with Crippen LogP contribution in [0.25, 0.3) is 0 Å². The number of hydrogen-bond donors (Lipinski definition) is 1. The zero-order chi connectivity index (χ0) is 15.2. The van der Waals surface area contributed by atoms with Crippen molar-refractivity contribution in [2.24, 2.45) is 11.7 Å². The first-order valence-corrected chi connectivity index (χ1v) is 8.75. The number of hydrogen-bond acceptors (Lipinski definition) is 3. The third-order valence-electron chi connectivity index (χ3n) is 4.18. The summed E-state index contributed by atoms with van der Waals surface area (Å²) in [4.78, 5) is 16.0. The highest BCUT2D eigenvalue weighted by Gasteiger charge is 2.29. The van der Waals surface area contributed by atoms with Gasteiger partial charge in [0.25, 0.3) is 0 Å². The second-order valence-corrected chi connectivity index (χ2v) is 7.15. The van der Waals surface area contributed by atoms with E-state index in [0.29, 0.717) is 5.92 Å². The van der Waals surface area contributed by atoms with Crippen molar-refractivity contribution >= 4 is 17.7 Å². The molecule has 2 rings (SSSR count). The molecule has 0 spiro atoms. The molecule has 1 aromatic rings. The lowest BCUT2D eigenvalue weighted by Gasteiger charge is -2.36. The van der Waals surface area contributed by atoms with Gasteiger partial charge in [-0.2, -0.15) is 0 Å². The van der Waals surface area contributed by atoms with E-state index in [0.717, 1.165) is 32.4 Å². The molecule has 0 radical (unpaired) electrons. The zero-order valence-corrected chi connectivity index (χ0v) is 13.8. The Hall–Kier alpha value is -1.00. The van der Waals surface area contributed by atoms with Crippen LogP contribution in [0.1, 0.15) is 33.1 Å². The maximum absolute atomic E-state index is 12.8. The smallest absolute Gasteiger partial charge is 0.236 e. The first-order chi connectivity index (χ1) is 10.1. The number of piperidine rings is 1. The van der Waals surface area contributed by atoms with Crippen molar-refractivity contribution in [1.82, 2.24) is 4.90 Å². The largest absolute Gasteiger partial charge is 0.341 e. The van der Waals surface area contributed by atoms with Crippen molar-refractivity contribution in [1.29, 1.82) is 0 Å². The lowest BCUT2D eigenvalue weighted by molar-refractivity contribution is -0.132. The fraction of sp³-hybridized carbons (Fsp3) is 0.588. The summed E-state index contributed by atoms with van der Waals surface area (Å²) in [6, 6.07) is 10.4. The highest BCUT2D eigenvalue weighted by Crippen LogP contribution is 2.28. The Morgan fingerprint density at radius 2 is 2.14 bits per heavy atom. The quantitative estimate of drug-likeness (QED) is 0.850. The Labute approximate surface area is 132 Å². The summed E-state index contributed by atoms with van der Waals surface area (Å²) in [5.41, 5.74) is 6.02. The maximum Gasteiger partial charge on any atom is 0.236 e. The summed E-state index contributed by atoms with van der Waals surface area (Å²) >= 11 is 1.68. The van der Waals surface area contributed by atoms with Crippen LogP contribution < -0.4 is 5.73 Å². The molecule has 1 aromatic carbocycles. The molecule has 116 valence electrons.